The molecule has 122 valence electrons. The highest BCUT2D eigenvalue weighted by Gasteiger charge is 2.40. The number of thioether (sulfide) groups is 1. The maximum absolute atomic E-state index is 13.3. The van der Waals surface area contributed by atoms with E-state index in [9.17, 15) is 17.6 Å². The molecule has 0 bridgehead atoms. The zero-order chi connectivity index (χ0) is 16.3. The highest BCUT2D eigenvalue weighted by molar-refractivity contribution is 8.00. The number of carbonyl (C=O) groups excluding carboxylic acids is 1. The van der Waals surface area contributed by atoms with Gasteiger partial charge in [0.15, 0.2) is 0 Å². The molecule has 0 aliphatic carbocycles. The first-order valence-corrected chi connectivity index (χ1v) is 9.54. The lowest BCUT2D eigenvalue weighted by Gasteiger charge is -2.23. The predicted molar refractivity (Wildman–Crippen MR) is 84.4 cm³/mol. The molecule has 1 aliphatic rings. The van der Waals surface area contributed by atoms with Gasteiger partial charge in [-0.3, -0.25) is 4.79 Å². The number of hydrogen-bond donors (Lipinski definition) is 1. The molecule has 22 heavy (non-hydrogen) atoms. The number of hydrogen-bond acceptors (Lipinski definition) is 4. The Kier molecular flexibility index (Phi) is 5.46. The van der Waals surface area contributed by atoms with Gasteiger partial charge in [-0.15, -0.1) is 11.8 Å². The van der Waals surface area contributed by atoms with Crippen LogP contribution < -0.4 is 5.32 Å². The highest BCUT2D eigenvalue weighted by atomic mass is 32.2. The van der Waals surface area contributed by atoms with Gasteiger partial charge in [0.1, 0.15) is 11.9 Å². The first kappa shape index (κ1) is 17.2. The van der Waals surface area contributed by atoms with E-state index in [1.165, 1.54) is 30.0 Å². The van der Waals surface area contributed by atoms with Crippen molar-refractivity contribution in [3.63, 3.8) is 0 Å². The van der Waals surface area contributed by atoms with Crippen LogP contribution in [-0.2, 0) is 14.8 Å². The summed E-state index contributed by atoms with van der Waals surface area (Å²) in [5.41, 5.74) is 0. The zero-order valence-corrected chi connectivity index (χ0v) is 14.1. The van der Waals surface area contributed by atoms with Crippen LogP contribution in [0.3, 0.4) is 0 Å². The summed E-state index contributed by atoms with van der Waals surface area (Å²) >= 11 is 1.37. The van der Waals surface area contributed by atoms with E-state index in [2.05, 4.69) is 5.32 Å². The molecule has 0 aromatic heterocycles. The second-order valence-corrected chi connectivity index (χ2v) is 8.39. The number of sulfonamides is 1. The van der Waals surface area contributed by atoms with Gasteiger partial charge in [0.25, 0.3) is 0 Å². The highest BCUT2D eigenvalue weighted by Crippen LogP contribution is 2.28. The van der Waals surface area contributed by atoms with Gasteiger partial charge < -0.3 is 5.32 Å². The number of rotatable bonds is 5. The van der Waals surface area contributed by atoms with Crippen LogP contribution in [0.15, 0.2) is 29.2 Å². The van der Waals surface area contributed by atoms with Crippen molar-refractivity contribution in [1.29, 1.82) is 0 Å². The fourth-order valence-corrected chi connectivity index (χ4v) is 5.24. The molecule has 0 saturated carbocycles. The smallest absolute Gasteiger partial charge is 0.244 e. The third-order valence-electron chi connectivity index (χ3n) is 3.23. The number of nitrogens with one attached hydrogen (secondary N) is 1. The second-order valence-electron chi connectivity index (χ2n) is 5.50. The van der Waals surface area contributed by atoms with Crippen LogP contribution in [0.5, 0.6) is 0 Å². The van der Waals surface area contributed by atoms with Crippen molar-refractivity contribution in [3.8, 4) is 0 Å². The molecular formula is C14H19FN2O3S2. The maximum Gasteiger partial charge on any atom is 0.244 e. The van der Waals surface area contributed by atoms with E-state index in [1.54, 1.807) is 0 Å². The molecule has 1 atom stereocenters. The summed E-state index contributed by atoms with van der Waals surface area (Å²) in [7, 11) is -3.88. The van der Waals surface area contributed by atoms with Gasteiger partial charge in [0.05, 0.1) is 10.8 Å². The number of nitrogens with zero attached hydrogens (tertiary/aromatic N) is 1. The molecule has 0 spiro atoms. The lowest BCUT2D eigenvalue weighted by atomic mass is 10.2. The topological polar surface area (TPSA) is 66.5 Å². The van der Waals surface area contributed by atoms with Crippen molar-refractivity contribution < 1.29 is 17.6 Å². The van der Waals surface area contributed by atoms with Gasteiger partial charge in [-0.2, -0.15) is 4.31 Å². The Morgan fingerprint density at radius 2 is 2.23 bits per heavy atom. The van der Waals surface area contributed by atoms with Crippen LogP contribution in [0, 0.1) is 11.7 Å². The molecule has 8 heteroatoms. The van der Waals surface area contributed by atoms with Gasteiger partial charge >= 0.3 is 0 Å². The Balaban J connectivity index is 2.21. The summed E-state index contributed by atoms with van der Waals surface area (Å²) in [4.78, 5) is 12.1. The van der Waals surface area contributed by atoms with E-state index in [-0.39, 0.29) is 22.6 Å². The Bertz CT molecular complexity index is 649. The lowest BCUT2D eigenvalue weighted by molar-refractivity contribution is -0.123. The van der Waals surface area contributed by atoms with Crippen LogP contribution in [0.4, 0.5) is 4.39 Å². The zero-order valence-electron chi connectivity index (χ0n) is 12.5. The van der Waals surface area contributed by atoms with Crippen LogP contribution in [0.2, 0.25) is 0 Å². The van der Waals surface area contributed by atoms with Crippen LogP contribution in [0.1, 0.15) is 13.8 Å². The van der Waals surface area contributed by atoms with Gasteiger partial charge in [-0.25, -0.2) is 12.8 Å². The molecule has 5 nitrogen and oxygen atoms in total. The quantitative estimate of drug-likeness (QED) is 0.881. The van der Waals surface area contributed by atoms with Crippen molar-refractivity contribution in [2.75, 3.05) is 18.2 Å². The van der Waals surface area contributed by atoms with E-state index in [0.717, 1.165) is 10.4 Å². The van der Waals surface area contributed by atoms with E-state index in [0.29, 0.717) is 12.3 Å². The van der Waals surface area contributed by atoms with Crippen LogP contribution in [0.25, 0.3) is 0 Å². The fraction of sp³-hybridized carbons (Fsp3) is 0.500. The van der Waals surface area contributed by atoms with Crippen molar-refractivity contribution in [2.24, 2.45) is 5.92 Å². The monoisotopic (exact) mass is 346 g/mol. The largest absolute Gasteiger partial charge is 0.354 e. The molecular weight excluding hydrogens is 327 g/mol. The average molecular weight is 346 g/mol. The Morgan fingerprint density at radius 1 is 1.50 bits per heavy atom. The molecule has 1 N–H and O–H groups in total. The molecule has 1 unspecified atom stereocenters. The Hall–Kier alpha value is -1.12. The number of amides is 1. The van der Waals surface area contributed by atoms with Crippen molar-refractivity contribution >= 4 is 27.7 Å². The molecule has 1 aromatic rings. The van der Waals surface area contributed by atoms with Gasteiger partial charge in [-0.1, -0.05) is 19.9 Å². The van der Waals surface area contributed by atoms with E-state index in [1.807, 2.05) is 13.8 Å². The van der Waals surface area contributed by atoms with Crippen molar-refractivity contribution in [1.82, 2.24) is 9.62 Å². The minimum absolute atomic E-state index is 0.128. The molecule has 0 radical (unpaired) electrons. The van der Waals surface area contributed by atoms with Gasteiger partial charge in [0, 0.05) is 12.3 Å². The van der Waals surface area contributed by atoms with E-state index >= 15 is 0 Å². The van der Waals surface area contributed by atoms with Crippen molar-refractivity contribution in [3.05, 3.63) is 30.1 Å². The summed E-state index contributed by atoms with van der Waals surface area (Å²) in [5.74, 6) is -0.0458. The molecule has 1 aromatic carbocycles. The third-order valence-corrected chi connectivity index (χ3v) is 6.26. The summed E-state index contributed by atoms with van der Waals surface area (Å²) in [5, 5.41) is 2.76. The first-order valence-electron chi connectivity index (χ1n) is 6.95. The molecule has 1 saturated heterocycles. The van der Waals surface area contributed by atoms with Gasteiger partial charge in [0.2, 0.25) is 15.9 Å². The van der Waals surface area contributed by atoms with Crippen molar-refractivity contribution in [2.45, 2.75) is 24.8 Å². The number of carbonyl (C=O) groups is 1. The summed E-state index contributed by atoms with van der Waals surface area (Å²) in [6.45, 7) is 4.42. The summed E-state index contributed by atoms with van der Waals surface area (Å²) in [6, 6.07) is 4.09. The summed E-state index contributed by atoms with van der Waals surface area (Å²) in [6.07, 6.45) is 0. The lowest BCUT2D eigenvalue weighted by Crippen LogP contribution is -2.47. The maximum atomic E-state index is 13.3. The fourth-order valence-electron chi connectivity index (χ4n) is 2.06. The molecule has 1 amide bonds. The molecule has 1 fully saturated rings. The summed E-state index contributed by atoms with van der Waals surface area (Å²) < 4.78 is 39.6. The molecule has 1 heterocycles. The average Bonchev–Trinajstić information content (AvgIpc) is 2.95. The SMILES string of the molecule is CC(C)CNC(=O)C1CSCN1S(=O)(=O)c1cccc(F)c1. The minimum atomic E-state index is -3.88. The Morgan fingerprint density at radius 3 is 2.86 bits per heavy atom. The minimum Gasteiger partial charge on any atom is -0.354 e. The predicted octanol–water partition coefficient (Wildman–Crippen LogP) is 1.66. The van der Waals surface area contributed by atoms with E-state index in [4.69, 9.17) is 0 Å². The third kappa shape index (κ3) is 3.80. The molecule has 1 aliphatic heterocycles. The molecule has 2 rings (SSSR count). The second kappa shape index (κ2) is 6.97. The number of halogens is 1. The van der Waals surface area contributed by atoms with Crippen LogP contribution >= 0.6 is 11.8 Å². The number of benzene rings is 1. The van der Waals surface area contributed by atoms with Gasteiger partial charge in [-0.05, 0) is 24.1 Å². The Labute approximate surface area is 134 Å². The normalized spacial score (nSPS) is 19.5. The first-order chi connectivity index (χ1) is 10.3. The standard InChI is InChI=1S/C14H19FN2O3S2/c1-10(2)7-16-14(18)13-8-21-9-17(13)22(19,20)12-5-3-4-11(15)6-12/h3-6,10,13H,7-9H2,1-2H3,(H,16,18). The van der Waals surface area contributed by atoms with E-state index < -0.39 is 21.9 Å². The van der Waals surface area contributed by atoms with Crippen LogP contribution in [-0.4, -0.2) is 42.8 Å².